The first kappa shape index (κ1) is 13.7. The Labute approximate surface area is 103 Å². The Balaban J connectivity index is 2.65. The van der Waals surface area contributed by atoms with Crippen molar-refractivity contribution in [2.75, 3.05) is 6.54 Å². The summed E-state index contributed by atoms with van der Waals surface area (Å²) in [4.78, 5) is 11.7. The summed E-state index contributed by atoms with van der Waals surface area (Å²) in [6, 6.07) is 5.58. The van der Waals surface area contributed by atoms with Crippen LogP contribution in [0.2, 0.25) is 0 Å². The van der Waals surface area contributed by atoms with Gasteiger partial charge in [0.15, 0.2) is 6.10 Å². The number of carbonyl (C=O) groups excluding carboxylic acids is 1. The van der Waals surface area contributed by atoms with E-state index in [4.69, 9.17) is 0 Å². The summed E-state index contributed by atoms with van der Waals surface area (Å²) in [6.45, 7) is 6.66. The highest BCUT2D eigenvalue weighted by Crippen LogP contribution is 2.17. The highest BCUT2D eigenvalue weighted by molar-refractivity contribution is 5.81. The van der Waals surface area contributed by atoms with Gasteiger partial charge in [0, 0.05) is 6.54 Å². The minimum atomic E-state index is -1.06. The SMILES string of the molecule is CCCCNC(=O)C(O)c1ccc(C)c(C)c1. The van der Waals surface area contributed by atoms with Crippen LogP contribution in [0.25, 0.3) is 0 Å². The molecule has 2 N–H and O–H groups in total. The van der Waals surface area contributed by atoms with Crippen LogP contribution < -0.4 is 5.32 Å². The van der Waals surface area contributed by atoms with Crippen LogP contribution in [0.3, 0.4) is 0 Å². The van der Waals surface area contributed by atoms with Crippen molar-refractivity contribution < 1.29 is 9.90 Å². The lowest BCUT2D eigenvalue weighted by Crippen LogP contribution is -2.30. The summed E-state index contributed by atoms with van der Waals surface area (Å²) in [7, 11) is 0. The van der Waals surface area contributed by atoms with Crippen LogP contribution in [0.1, 0.15) is 42.6 Å². The molecule has 0 aliphatic heterocycles. The van der Waals surface area contributed by atoms with Crippen molar-refractivity contribution in [2.45, 2.75) is 39.7 Å². The fourth-order valence-corrected chi connectivity index (χ4v) is 1.57. The number of hydrogen-bond donors (Lipinski definition) is 2. The van der Waals surface area contributed by atoms with Crippen LogP contribution in [-0.2, 0) is 4.79 Å². The molecular weight excluding hydrogens is 214 g/mol. The molecule has 17 heavy (non-hydrogen) atoms. The molecule has 3 nitrogen and oxygen atoms in total. The van der Waals surface area contributed by atoms with Crippen molar-refractivity contribution in [3.8, 4) is 0 Å². The van der Waals surface area contributed by atoms with Crippen LogP contribution in [0.15, 0.2) is 18.2 Å². The van der Waals surface area contributed by atoms with Gasteiger partial charge in [-0.2, -0.15) is 0 Å². The number of benzene rings is 1. The predicted octanol–water partition coefficient (Wildman–Crippen LogP) is 2.25. The number of carbonyl (C=O) groups is 1. The third-order valence-electron chi connectivity index (χ3n) is 2.92. The minimum Gasteiger partial charge on any atom is -0.378 e. The molecule has 1 amide bonds. The minimum absolute atomic E-state index is 0.318. The molecule has 1 rings (SSSR count). The quantitative estimate of drug-likeness (QED) is 0.769. The van der Waals surface area contributed by atoms with Crippen molar-refractivity contribution in [2.24, 2.45) is 0 Å². The fourth-order valence-electron chi connectivity index (χ4n) is 1.57. The van der Waals surface area contributed by atoms with Crippen LogP contribution in [0.5, 0.6) is 0 Å². The molecule has 0 bridgehead atoms. The van der Waals surface area contributed by atoms with Crippen LogP contribution >= 0.6 is 0 Å². The Kier molecular flexibility index (Phi) is 5.16. The van der Waals surface area contributed by atoms with E-state index in [9.17, 15) is 9.90 Å². The van der Waals surface area contributed by atoms with Gasteiger partial charge in [0.2, 0.25) is 0 Å². The smallest absolute Gasteiger partial charge is 0.253 e. The molecule has 0 heterocycles. The summed E-state index contributed by atoms with van der Waals surface area (Å²) >= 11 is 0. The predicted molar refractivity (Wildman–Crippen MR) is 68.8 cm³/mol. The molecular formula is C14H21NO2. The molecule has 0 fully saturated rings. The van der Waals surface area contributed by atoms with E-state index in [0.29, 0.717) is 12.1 Å². The summed E-state index contributed by atoms with van der Waals surface area (Å²) in [5.41, 5.74) is 2.90. The summed E-state index contributed by atoms with van der Waals surface area (Å²) < 4.78 is 0. The third-order valence-corrected chi connectivity index (χ3v) is 2.92. The molecule has 3 heteroatoms. The van der Waals surface area contributed by atoms with Crippen molar-refractivity contribution in [3.05, 3.63) is 34.9 Å². The van der Waals surface area contributed by atoms with Crippen molar-refractivity contribution in [1.29, 1.82) is 0 Å². The van der Waals surface area contributed by atoms with Crippen molar-refractivity contribution in [1.82, 2.24) is 5.32 Å². The van der Waals surface area contributed by atoms with E-state index in [0.717, 1.165) is 24.0 Å². The number of rotatable bonds is 5. The van der Waals surface area contributed by atoms with Crippen molar-refractivity contribution in [3.63, 3.8) is 0 Å². The second-order valence-corrected chi connectivity index (χ2v) is 4.39. The van der Waals surface area contributed by atoms with E-state index in [1.54, 1.807) is 6.07 Å². The van der Waals surface area contributed by atoms with Crippen LogP contribution in [-0.4, -0.2) is 17.6 Å². The molecule has 0 saturated carbocycles. The van der Waals surface area contributed by atoms with Gasteiger partial charge in [0.05, 0.1) is 0 Å². The van der Waals surface area contributed by atoms with E-state index < -0.39 is 6.10 Å². The maximum Gasteiger partial charge on any atom is 0.253 e. The Bertz CT molecular complexity index is 388. The lowest BCUT2D eigenvalue weighted by atomic mass is 10.0. The number of unbranched alkanes of at least 4 members (excludes halogenated alkanes) is 1. The Morgan fingerprint density at radius 3 is 2.65 bits per heavy atom. The zero-order chi connectivity index (χ0) is 12.8. The highest BCUT2D eigenvalue weighted by atomic mass is 16.3. The number of aliphatic hydroxyl groups is 1. The average Bonchev–Trinajstić information content (AvgIpc) is 2.32. The first-order valence-corrected chi connectivity index (χ1v) is 6.09. The molecule has 1 aromatic rings. The van der Waals surface area contributed by atoms with Gasteiger partial charge in [-0.05, 0) is 37.0 Å². The largest absolute Gasteiger partial charge is 0.378 e. The Morgan fingerprint density at radius 2 is 2.06 bits per heavy atom. The van der Waals surface area contributed by atoms with E-state index in [1.165, 1.54) is 0 Å². The first-order chi connectivity index (χ1) is 8.06. The number of aryl methyl sites for hydroxylation is 2. The number of aliphatic hydroxyl groups excluding tert-OH is 1. The summed E-state index contributed by atoms with van der Waals surface area (Å²) in [6.07, 6.45) is 0.900. The molecule has 1 atom stereocenters. The maximum absolute atomic E-state index is 11.7. The third kappa shape index (κ3) is 3.86. The molecule has 1 unspecified atom stereocenters. The van der Waals surface area contributed by atoms with Gasteiger partial charge in [0.1, 0.15) is 0 Å². The first-order valence-electron chi connectivity index (χ1n) is 6.09. The zero-order valence-electron chi connectivity index (χ0n) is 10.8. The molecule has 0 radical (unpaired) electrons. The van der Waals surface area contributed by atoms with Gasteiger partial charge < -0.3 is 10.4 Å². The number of nitrogens with one attached hydrogen (secondary N) is 1. The Hall–Kier alpha value is -1.35. The van der Waals surface area contributed by atoms with Gasteiger partial charge in [0.25, 0.3) is 5.91 Å². The molecule has 0 aliphatic rings. The monoisotopic (exact) mass is 235 g/mol. The molecule has 0 aromatic heterocycles. The fraction of sp³-hybridized carbons (Fsp3) is 0.500. The van der Waals surface area contributed by atoms with Crippen molar-refractivity contribution >= 4 is 5.91 Å². The topological polar surface area (TPSA) is 49.3 Å². The molecule has 1 aromatic carbocycles. The Morgan fingerprint density at radius 1 is 1.35 bits per heavy atom. The van der Waals surface area contributed by atoms with E-state index in [-0.39, 0.29) is 5.91 Å². The maximum atomic E-state index is 11.7. The van der Waals surface area contributed by atoms with Gasteiger partial charge in [-0.25, -0.2) is 0 Å². The van der Waals surface area contributed by atoms with E-state index in [2.05, 4.69) is 12.2 Å². The van der Waals surface area contributed by atoms with Gasteiger partial charge in [-0.15, -0.1) is 0 Å². The van der Waals surface area contributed by atoms with Crippen LogP contribution in [0, 0.1) is 13.8 Å². The number of amides is 1. The average molecular weight is 235 g/mol. The van der Waals surface area contributed by atoms with E-state index >= 15 is 0 Å². The normalized spacial score (nSPS) is 12.2. The highest BCUT2D eigenvalue weighted by Gasteiger charge is 2.16. The van der Waals surface area contributed by atoms with Gasteiger partial charge in [-0.3, -0.25) is 4.79 Å². The molecule has 0 spiro atoms. The molecule has 94 valence electrons. The molecule has 0 aliphatic carbocycles. The lowest BCUT2D eigenvalue weighted by Gasteiger charge is -2.12. The summed E-state index contributed by atoms with van der Waals surface area (Å²) in [5.74, 6) is -0.318. The standard InChI is InChI=1S/C14H21NO2/c1-4-5-8-15-14(17)13(16)12-7-6-10(2)11(3)9-12/h6-7,9,13,16H,4-5,8H2,1-3H3,(H,15,17). The molecule has 0 saturated heterocycles. The van der Waals surface area contributed by atoms with Gasteiger partial charge in [-0.1, -0.05) is 31.5 Å². The zero-order valence-corrected chi connectivity index (χ0v) is 10.8. The number of hydrogen-bond acceptors (Lipinski definition) is 2. The van der Waals surface area contributed by atoms with E-state index in [1.807, 2.05) is 26.0 Å². The lowest BCUT2D eigenvalue weighted by molar-refractivity contribution is -0.129. The second-order valence-electron chi connectivity index (χ2n) is 4.39. The van der Waals surface area contributed by atoms with Gasteiger partial charge >= 0.3 is 0 Å². The van der Waals surface area contributed by atoms with Crippen LogP contribution in [0.4, 0.5) is 0 Å². The summed E-state index contributed by atoms with van der Waals surface area (Å²) in [5, 5.41) is 12.6. The second kappa shape index (κ2) is 6.40.